The van der Waals surface area contributed by atoms with E-state index in [0.29, 0.717) is 6.42 Å². The van der Waals surface area contributed by atoms with Gasteiger partial charge in [0, 0.05) is 16.6 Å². The van der Waals surface area contributed by atoms with E-state index >= 15 is 0 Å². The zero-order chi connectivity index (χ0) is 17.9. The fraction of sp³-hybridized carbons (Fsp3) is 0.353. The molecular formula is C17H20BrNO5. The molecule has 130 valence electrons. The van der Waals surface area contributed by atoms with Crippen molar-refractivity contribution in [2.75, 3.05) is 13.2 Å². The number of rotatable bonds is 8. The van der Waals surface area contributed by atoms with E-state index in [0.717, 1.165) is 22.2 Å². The van der Waals surface area contributed by atoms with E-state index in [2.05, 4.69) is 26.0 Å². The monoisotopic (exact) mass is 397 g/mol. The van der Waals surface area contributed by atoms with Crippen LogP contribution in [0.15, 0.2) is 40.9 Å². The summed E-state index contributed by atoms with van der Waals surface area (Å²) in [5.41, 5.74) is 0.961. The molecule has 0 unspecified atom stereocenters. The minimum atomic E-state index is -0.783. The Bertz CT molecular complexity index is 598. The molecule has 0 saturated heterocycles. The van der Waals surface area contributed by atoms with Gasteiger partial charge in [-0.2, -0.15) is 0 Å². The molecule has 0 aliphatic rings. The van der Waals surface area contributed by atoms with Gasteiger partial charge in [-0.15, -0.1) is 0 Å². The highest BCUT2D eigenvalue weighted by atomic mass is 79.9. The summed E-state index contributed by atoms with van der Waals surface area (Å²) in [4.78, 5) is 34.4. The van der Waals surface area contributed by atoms with Gasteiger partial charge in [-0.05, 0) is 31.0 Å². The van der Waals surface area contributed by atoms with Crippen LogP contribution in [0.3, 0.4) is 0 Å². The minimum absolute atomic E-state index is 0.167. The van der Waals surface area contributed by atoms with Gasteiger partial charge < -0.3 is 14.8 Å². The van der Waals surface area contributed by atoms with Crippen molar-refractivity contribution in [2.24, 2.45) is 0 Å². The van der Waals surface area contributed by atoms with Gasteiger partial charge in [0.05, 0.1) is 12.6 Å². The van der Waals surface area contributed by atoms with Crippen LogP contribution in [-0.4, -0.2) is 31.1 Å². The van der Waals surface area contributed by atoms with E-state index < -0.39 is 24.5 Å². The van der Waals surface area contributed by atoms with E-state index in [4.69, 9.17) is 4.74 Å². The minimum Gasteiger partial charge on any atom is -0.463 e. The number of nitrogens with one attached hydrogen (secondary N) is 1. The number of ether oxygens (including phenoxy) is 2. The summed E-state index contributed by atoms with van der Waals surface area (Å²) >= 11 is 3.36. The standard InChI is InChI=1S/C17H20BrNO5/c1-3-14(12-5-7-13(18)8-6-12)19-15(20)11-24-17(22)10-9-16(21)23-4-2/h5-10,14H,3-4,11H2,1-2H3,(H,19,20)/b10-9+/t14-/m1/s1. The normalized spacial score (nSPS) is 11.8. The highest BCUT2D eigenvalue weighted by Crippen LogP contribution is 2.19. The van der Waals surface area contributed by atoms with Crippen LogP contribution in [0.5, 0.6) is 0 Å². The van der Waals surface area contributed by atoms with Gasteiger partial charge in [0.2, 0.25) is 0 Å². The molecule has 1 rings (SSSR count). The number of hydrogen-bond donors (Lipinski definition) is 1. The summed E-state index contributed by atoms with van der Waals surface area (Å²) in [5, 5.41) is 2.80. The number of amides is 1. The number of carbonyl (C=O) groups excluding carboxylic acids is 3. The molecule has 0 bridgehead atoms. The average Bonchev–Trinajstić information content (AvgIpc) is 2.57. The molecule has 1 amide bonds. The second-order valence-corrected chi connectivity index (χ2v) is 5.69. The Morgan fingerprint density at radius 3 is 2.21 bits per heavy atom. The lowest BCUT2D eigenvalue weighted by Crippen LogP contribution is -2.32. The molecule has 0 aliphatic heterocycles. The molecule has 0 heterocycles. The summed E-state index contributed by atoms with van der Waals surface area (Å²) in [6.45, 7) is 3.40. The Hall–Kier alpha value is -2.15. The molecule has 0 aromatic heterocycles. The molecule has 1 atom stereocenters. The number of benzene rings is 1. The van der Waals surface area contributed by atoms with Gasteiger partial charge in [0.25, 0.3) is 5.91 Å². The Kier molecular flexibility index (Phi) is 8.78. The van der Waals surface area contributed by atoms with Crippen molar-refractivity contribution in [3.05, 3.63) is 46.5 Å². The molecule has 0 aliphatic carbocycles. The predicted octanol–water partition coefficient (Wildman–Crippen LogP) is 2.68. The second kappa shape index (κ2) is 10.6. The molecule has 0 saturated carbocycles. The summed E-state index contributed by atoms with van der Waals surface area (Å²) in [5.74, 6) is -1.84. The highest BCUT2D eigenvalue weighted by Gasteiger charge is 2.13. The van der Waals surface area contributed by atoms with Gasteiger partial charge in [0.15, 0.2) is 6.61 Å². The largest absolute Gasteiger partial charge is 0.463 e. The molecule has 0 radical (unpaired) electrons. The maximum absolute atomic E-state index is 11.9. The van der Waals surface area contributed by atoms with E-state index in [9.17, 15) is 14.4 Å². The van der Waals surface area contributed by atoms with E-state index in [-0.39, 0.29) is 12.6 Å². The first-order chi connectivity index (χ1) is 11.5. The van der Waals surface area contributed by atoms with Crippen LogP contribution in [0.25, 0.3) is 0 Å². The zero-order valence-corrected chi connectivity index (χ0v) is 15.2. The van der Waals surface area contributed by atoms with Crippen molar-refractivity contribution in [3.8, 4) is 0 Å². The zero-order valence-electron chi connectivity index (χ0n) is 13.6. The molecule has 1 aromatic rings. The maximum Gasteiger partial charge on any atom is 0.331 e. The Morgan fingerprint density at radius 1 is 1.08 bits per heavy atom. The van der Waals surface area contributed by atoms with E-state index in [1.54, 1.807) is 6.92 Å². The molecule has 1 N–H and O–H groups in total. The van der Waals surface area contributed by atoms with E-state index in [1.807, 2.05) is 31.2 Å². The third-order valence-electron chi connectivity index (χ3n) is 3.00. The van der Waals surface area contributed by atoms with Gasteiger partial charge in [0.1, 0.15) is 0 Å². The van der Waals surface area contributed by atoms with Crippen LogP contribution in [-0.2, 0) is 23.9 Å². The van der Waals surface area contributed by atoms with E-state index in [1.165, 1.54) is 0 Å². The van der Waals surface area contributed by atoms with Crippen LogP contribution in [0, 0.1) is 0 Å². The topological polar surface area (TPSA) is 81.7 Å². The average molecular weight is 398 g/mol. The quantitative estimate of drug-likeness (QED) is 0.538. The molecule has 24 heavy (non-hydrogen) atoms. The summed E-state index contributed by atoms with van der Waals surface area (Å²) < 4.78 is 10.4. The SMILES string of the molecule is CCOC(=O)/C=C/C(=O)OCC(=O)N[C@H](CC)c1ccc(Br)cc1. The first-order valence-electron chi connectivity index (χ1n) is 7.52. The number of hydrogen-bond acceptors (Lipinski definition) is 5. The molecule has 0 spiro atoms. The molecule has 0 fully saturated rings. The van der Waals surface area contributed by atoms with Crippen molar-refractivity contribution in [1.82, 2.24) is 5.32 Å². The Balaban J connectivity index is 2.45. The van der Waals surface area contributed by atoms with Crippen molar-refractivity contribution in [1.29, 1.82) is 0 Å². The van der Waals surface area contributed by atoms with Gasteiger partial charge in [-0.3, -0.25) is 4.79 Å². The fourth-order valence-corrected chi connectivity index (χ4v) is 2.13. The first kappa shape index (κ1) is 19.9. The molecular weight excluding hydrogens is 378 g/mol. The first-order valence-corrected chi connectivity index (χ1v) is 8.32. The third-order valence-corrected chi connectivity index (χ3v) is 3.53. The summed E-state index contributed by atoms with van der Waals surface area (Å²) in [6.07, 6.45) is 2.59. The van der Waals surface area contributed by atoms with Gasteiger partial charge in [-0.1, -0.05) is 35.0 Å². The van der Waals surface area contributed by atoms with Crippen molar-refractivity contribution in [3.63, 3.8) is 0 Å². The fourth-order valence-electron chi connectivity index (χ4n) is 1.86. The number of esters is 2. The van der Waals surface area contributed by atoms with Crippen LogP contribution in [0.2, 0.25) is 0 Å². The smallest absolute Gasteiger partial charge is 0.331 e. The molecule has 1 aromatic carbocycles. The number of carbonyl (C=O) groups is 3. The molecule has 7 heteroatoms. The molecule has 6 nitrogen and oxygen atoms in total. The maximum atomic E-state index is 11.9. The summed E-state index contributed by atoms with van der Waals surface area (Å²) in [7, 11) is 0. The van der Waals surface area contributed by atoms with Crippen LogP contribution < -0.4 is 5.32 Å². The van der Waals surface area contributed by atoms with Crippen LogP contribution >= 0.6 is 15.9 Å². The van der Waals surface area contributed by atoms with Crippen molar-refractivity contribution in [2.45, 2.75) is 26.3 Å². The Morgan fingerprint density at radius 2 is 1.67 bits per heavy atom. The lowest BCUT2D eigenvalue weighted by molar-refractivity contribution is -0.144. The number of halogens is 1. The lowest BCUT2D eigenvalue weighted by atomic mass is 10.0. The summed E-state index contributed by atoms with van der Waals surface area (Å²) in [6, 6.07) is 7.44. The van der Waals surface area contributed by atoms with Crippen LogP contribution in [0.4, 0.5) is 0 Å². The van der Waals surface area contributed by atoms with Crippen molar-refractivity contribution >= 4 is 33.8 Å². The van der Waals surface area contributed by atoms with Gasteiger partial charge >= 0.3 is 11.9 Å². The lowest BCUT2D eigenvalue weighted by Gasteiger charge is -2.17. The highest BCUT2D eigenvalue weighted by molar-refractivity contribution is 9.10. The van der Waals surface area contributed by atoms with Crippen LogP contribution in [0.1, 0.15) is 31.9 Å². The van der Waals surface area contributed by atoms with Gasteiger partial charge in [-0.25, -0.2) is 9.59 Å². The third kappa shape index (κ3) is 7.41. The Labute approximate surface area is 149 Å². The second-order valence-electron chi connectivity index (χ2n) is 4.77. The van der Waals surface area contributed by atoms with Crippen molar-refractivity contribution < 1.29 is 23.9 Å². The predicted molar refractivity (Wildman–Crippen MR) is 92.0 cm³/mol.